The molecule has 4 nitrogen and oxygen atoms in total. The van der Waals surface area contributed by atoms with Gasteiger partial charge in [0.25, 0.3) is 0 Å². The van der Waals surface area contributed by atoms with Crippen LogP contribution in [0.3, 0.4) is 0 Å². The van der Waals surface area contributed by atoms with Crippen molar-refractivity contribution < 1.29 is 14.6 Å². The summed E-state index contributed by atoms with van der Waals surface area (Å²) in [6, 6.07) is 9.41. The highest BCUT2D eigenvalue weighted by atomic mass is 79.9. The minimum absolute atomic E-state index is 0.144. The lowest BCUT2D eigenvalue weighted by atomic mass is 10.1. The molecule has 1 heterocycles. The fourth-order valence-corrected chi connectivity index (χ4v) is 2.94. The molecule has 2 aromatic rings. The molecule has 0 amide bonds. The first kappa shape index (κ1) is 14.1. The van der Waals surface area contributed by atoms with Crippen LogP contribution in [0.15, 0.2) is 34.8 Å². The number of hydrogen-bond donors (Lipinski definition) is 1. The summed E-state index contributed by atoms with van der Waals surface area (Å²) in [6.07, 6.45) is 2.81. The maximum absolute atomic E-state index is 11.4. The second kappa shape index (κ2) is 5.85. The Morgan fingerprint density at radius 3 is 2.95 bits per heavy atom. The van der Waals surface area contributed by atoms with Gasteiger partial charge in [-0.1, -0.05) is 28.1 Å². The molecule has 1 aromatic heterocycles. The Morgan fingerprint density at radius 2 is 2.19 bits per heavy atom. The fourth-order valence-electron chi connectivity index (χ4n) is 2.49. The summed E-state index contributed by atoms with van der Waals surface area (Å²) in [4.78, 5) is 15.8. The van der Waals surface area contributed by atoms with E-state index in [0.717, 1.165) is 40.6 Å². The Hall–Kier alpha value is -1.88. The molecule has 21 heavy (non-hydrogen) atoms. The second-order valence-electron chi connectivity index (χ2n) is 5.02. The third kappa shape index (κ3) is 3.08. The molecule has 0 atom stereocenters. The first-order valence-electron chi connectivity index (χ1n) is 6.77. The third-order valence-corrected chi connectivity index (χ3v) is 4.00. The lowest BCUT2D eigenvalue weighted by Gasteiger charge is -2.10. The molecule has 5 heteroatoms. The largest absolute Gasteiger partial charge is 0.477 e. The summed E-state index contributed by atoms with van der Waals surface area (Å²) in [5.41, 5.74) is 3.10. The minimum atomic E-state index is -0.999. The number of carboxylic acid groups (broad SMARTS) is 1. The van der Waals surface area contributed by atoms with Gasteiger partial charge in [-0.05, 0) is 48.6 Å². The smallest absolute Gasteiger partial charge is 0.341 e. The van der Waals surface area contributed by atoms with Crippen molar-refractivity contribution >= 4 is 21.9 Å². The van der Waals surface area contributed by atoms with Crippen LogP contribution < -0.4 is 4.74 Å². The van der Waals surface area contributed by atoms with E-state index >= 15 is 0 Å². The van der Waals surface area contributed by atoms with Crippen molar-refractivity contribution in [3.8, 4) is 5.88 Å². The average molecular weight is 348 g/mol. The lowest BCUT2D eigenvalue weighted by molar-refractivity contribution is 0.0690. The van der Waals surface area contributed by atoms with Crippen LogP contribution in [0.5, 0.6) is 5.88 Å². The molecule has 0 bridgehead atoms. The van der Waals surface area contributed by atoms with E-state index in [4.69, 9.17) is 4.74 Å². The molecule has 1 N–H and O–H groups in total. The number of carbonyl (C=O) groups is 1. The van der Waals surface area contributed by atoms with Crippen LogP contribution in [0.25, 0.3) is 0 Å². The molecule has 108 valence electrons. The molecule has 0 unspecified atom stereocenters. The molecule has 1 aromatic carbocycles. The van der Waals surface area contributed by atoms with Gasteiger partial charge in [0.2, 0.25) is 5.88 Å². The SMILES string of the molecule is O=C(O)c1cc2c(nc1OCc1cccc(Br)c1)CCC2. The van der Waals surface area contributed by atoms with Crippen LogP contribution in [0, 0.1) is 0 Å². The van der Waals surface area contributed by atoms with Crippen LogP contribution in [-0.2, 0) is 19.4 Å². The van der Waals surface area contributed by atoms with Gasteiger partial charge in [-0.15, -0.1) is 0 Å². The van der Waals surface area contributed by atoms with E-state index in [2.05, 4.69) is 20.9 Å². The van der Waals surface area contributed by atoms with Gasteiger partial charge in [-0.3, -0.25) is 0 Å². The van der Waals surface area contributed by atoms with Crippen molar-refractivity contribution in [2.45, 2.75) is 25.9 Å². The van der Waals surface area contributed by atoms with Crippen molar-refractivity contribution in [3.05, 3.63) is 57.2 Å². The molecule has 0 aliphatic heterocycles. The van der Waals surface area contributed by atoms with E-state index in [1.807, 2.05) is 24.3 Å². The number of aromatic carboxylic acids is 1. The molecular formula is C16H14BrNO3. The lowest BCUT2D eigenvalue weighted by Crippen LogP contribution is -2.07. The zero-order chi connectivity index (χ0) is 14.8. The van der Waals surface area contributed by atoms with Gasteiger partial charge in [0, 0.05) is 10.2 Å². The topological polar surface area (TPSA) is 59.4 Å². The van der Waals surface area contributed by atoms with Crippen molar-refractivity contribution in [2.75, 3.05) is 0 Å². The number of hydrogen-bond acceptors (Lipinski definition) is 3. The number of benzene rings is 1. The number of aromatic nitrogens is 1. The van der Waals surface area contributed by atoms with E-state index in [0.29, 0.717) is 6.61 Å². The monoisotopic (exact) mass is 347 g/mol. The first-order valence-corrected chi connectivity index (χ1v) is 7.56. The highest BCUT2D eigenvalue weighted by molar-refractivity contribution is 9.10. The molecule has 3 rings (SSSR count). The van der Waals surface area contributed by atoms with Gasteiger partial charge < -0.3 is 9.84 Å². The quantitative estimate of drug-likeness (QED) is 0.917. The van der Waals surface area contributed by atoms with Gasteiger partial charge in [0.05, 0.1) is 0 Å². The first-order chi connectivity index (χ1) is 10.1. The molecular weight excluding hydrogens is 334 g/mol. The zero-order valence-corrected chi connectivity index (χ0v) is 12.9. The van der Waals surface area contributed by atoms with Crippen LogP contribution in [0.4, 0.5) is 0 Å². The van der Waals surface area contributed by atoms with Crippen LogP contribution in [-0.4, -0.2) is 16.1 Å². The maximum Gasteiger partial charge on any atom is 0.341 e. The molecule has 0 fully saturated rings. The number of carboxylic acids is 1. The van der Waals surface area contributed by atoms with Gasteiger partial charge >= 0.3 is 5.97 Å². The van der Waals surface area contributed by atoms with Crippen molar-refractivity contribution in [2.24, 2.45) is 0 Å². The number of pyridine rings is 1. The fraction of sp³-hybridized carbons (Fsp3) is 0.250. The Kier molecular flexibility index (Phi) is 3.92. The number of nitrogens with zero attached hydrogens (tertiary/aromatic N) is 1. The summed E-state index contributed by atoms with van der Waals surface area (Å²) < 4.78 is 6.61. The Bertz CT molecular complexity index is 700. The van der Waals surface area contributed by atoms with Gasteiger partial charge in [0.1, 0.15) is 12.2 Å². The highest BCUT2D eigenvalue weighted by Crippen LogP contribution is 2.27. The Labute approximate surface area is 130 Å². The number of fused-ring (bicyclic) bond motifs is 1. The predicted octanol–water partition coefficient (Wildman–Crippen LogP) is 3.61. The molecule has 0 spiro atoms. The van der Waals surface area contributed by atoms with E-state index in [-0.39, 0.29) is 11.4 Å². The van der Waals surface area contributed by atoms with Gasteiger partial charge in [0.15, 0.2) is 0 Å². The minimum Gasteiger partial charge on any atom is -0.477 e. The van der Waals surface area contributed by atoms with Crippen LogP contribution >= 0.6 is 15.9 Å². The number of aryl methyl sites for hydroxylation is 2. The molecule has 0 saturated carbocycles. The number of halogens is 1. The van der Waals surface area contributed by atoms with E-state index in [1.165, 1.54) is 0 Å². The van der Waals surface area contributed by atoms with Crippen molar-refractivity contribution in [1.29, 1.82) is 0 Å². The summed E-state index contributed by atoms with van der Waals surface area (Å²) >= 11 is 3.40. The summed E-state index contributed by atoms with van der Waals surface area (Å²) in [5, 5.41) is 9.31. The maximum atomic E-state index is 11.4. The molecule has 1 aliphatic carbocycles. The summed E-state index contributed by atoms with van der Waals surface area (Å²) in [7, 11) is 0. The average Bonchev–Trinajstić information content (AvgIpc) is 2.91. The normalized spacial score (nSPS) is 13.0. The molecule has 0 saturated heterocycles. The molecule has 0 radical (unpaired) electrons. The van der Waals surface area contributed by atoms with Crippen molar-refractivity contribution in [3.63, 3.8) is 0 Å². The van der Waals surface area contributed by atoms with Crippen LogP contribution in [0.1, 0.15) is 33.6 Å². The zero-order valence-electron chi connectivity index (χ0n) is 11.3. The Balaban J connectivity index is 1.86. The van der Waals surface area contributed by atoms with Gasteiger partial charge in [-0.25, -0.2) is 9.78 Å². The summed E-state index contributed by atoms with van der Waals surface area (Å²) in [6.45, 7) is 0.297. The predicted molar refractivity (Wildman–Crippen MR) is 81.7 cm³/mol. The van der Waals surface area contributed by atoms with E-state index < -0.39 is 5.97 Å². The van der Waals surface area contributed by atoms with Crippen LogP contribution in [0.2, 0.25) is 0 Å². The van der Waals surface area contributed by atoms with Crippen molar-refractivity contribution in [1.82, 2.24) is 4.98 Å². The summed E-state index contributed by atoms with van der Waals surface area (Å²) in [5.74, 6) is -0.787. The highest BCUT2D eigenvalue weighted by Gasteiger charge is 2.20. The second-order valence-corrected chi connectivity index (χ2v) is 5.94. The van der Waals surface area contributed by atoms with E-state index in [9.17, 15) is 9.90 Å². The number of ether oxygens (including phenoxy) is 1. The Morgan fingerprint density at radius 1 is 1.33 bits per heavy atom. The standard InChI is InChI=1S/C16H14BrNO3/c17-12-5-1-3-10(7-12)9-21-15-13(16(19)20)8-11-4-2-6-14(11)18-15/h1,3,5,7-8H,2,4,6,9H2,(H,19,20). The third-order valence-electron chi connectivity index (χ3n) is 3.51. The van der Waals surface area contributed by atoms with Gasteiger partial charge in [-0.2, -0.15) is 0 Å². The van der Waals surface area contributed by atoms with E-state index in [1.54, 1.807) is 6.07 Å². The molecule has 1 aliphatic rings. The number of rotatable bonds is 4.